The van der Waals surface area contributed by atoms with Crippen molar-refractivity contribution in [3.63, 3.8) is 0 Å². The van der Waals surface area contributed by atoms with Crippen LogP contribution in [0.25, 0.3) is 10.7 Å². The number of nitrogens with one attached hydrogen (secondary N) is 1. The Morgan fingerprint density at radius 3 is 3.00 bits per heavy atom. The molecule has 0 atom stereocenters. The fourth-order valence-corrected chi connectivity index (χ4v) is 3.02. The molecule has 0 spiro atoms. The molecule has 0 saturated carbocycles. The topological polar surface area (TPSA) is 42.8 Å². The third-order valence-electron chi connectivity index (χ3n) is 3.07. The normalized spacial score (nSPS) is 10.7. The Hall–Kier alpha value is -1.92. The third kappa shape index (κ3) is 3.22. The van der Waals surface area contributed by atoms with Gasteiger partial charge in [0.1, 0.15) is 12.4 Å². The van der Waals surface area contributed by atoms with Crippen LogP contribution in [-0.4, -0.2) is 21.4 Å². The lowest BCUT2D eigenvalue weighted by molar-refractivity contribution is 0.298. The van der Waals surface area contributed by atoms with Gasteiger partial charge in [0.25, 0.3) is 0 Å². The molecule has 1 aromatic carbocycles. The van der Waals surface area contributed by atoms with E-state index in [1.807, 2.05) is 53.3 Å². The maximum atomic E-state index is 5.78. The van der Waals surface area contributed by atoms with Crippen molar-refractivity contribution in [3.8, 4) is 16.5 Å². The molecule has 3 aromatic rings. The molecule has 108 valence electrons. The average Bonchev–Trinajstić information content (AvgIpc) is 3.09. The fourth-order valence-electron chi connectivity index (χ4n) is 2.08. The summed E-state index contributed by atoms with van der Waals surface area (Å²) in [6.45, 7) is 3.26. The molecule has 0 bridgehead atoms. The Morgan fingerprint density at radius 1 is 1.33 bits per heavy atom. The molecule has 0 aliphatic carbocycles. The molecule has 0 fully saturated rings. The number of aromatic nitrogens is 3. The molecule has 3 rings (SSSR count). The number of rotatable bonds is 5. The van der Waals surface area contributed by atoms with Crippen LogP contribution in [0.3, 0.4) is 0 Å². The predicted molar refractivity (Wildman–Crippen MR) is 87.4 cm³/mol. The third-order valence-corrected chi connectivity index (χ3v) is 4.25. The maximum absolute atomic E-state index is 5.78. The van der Waals surface area contributed by atoms with Crippen LogP contribution in [0.15, 0.2) is 41.8 Å². The summed E-state index contributed by atoms with van der Waals surface area (Å²) in [5.74, 6) is 1.74. The molecule has 1 N–H and O–H groups in total. The van der Waals surface area contributed by atoms with Crippen LogP contribution < -0.4 is 4.74 Å². The molecule has 2 heterocycles. The van der Waals surface area contributed by atoms with E-state index in [0.29, 0.717) is 17.9 Å². The number of aromatic amines is 1. The van der Waals surface area contributed by atoms with Crippen LogP contribution in [0.1, 0.15) is 5.56 Å². The number of aryl methyl sites for hydroxylation is 1. The molecule has 0 amide bonds. The maximum Gasteiger partial charge on any atom is 0.195 e. The highest BCUT2D eigenvalue weighted by atomic mass is 32.1. The minimum Gasteiger partial charge on any atom is -0.492 e. The average molecular weight is 317 g/mol. The van der Waals surface area contributed by atoms with E-state index < -0.39 is 0 Å². The number of thiophene rings is 1. The number of H-pyrrole nitrogens is 1. The molecule has 0 aliphatic rings. The first-order valence-corrected chi connectivity index (χ1v) is 7.91. The van der Waals surface area contributed by atoms with Crippen molar-refractivity contribution >= 4 is 23.6 Å². The van der Waals surface area contributed by atoms with Crippen molar-refractivity contribution in [3.05, 3.63) is 52.1 Å². The van der Waals surface area contributed by atoms with E-state index in [2.05, 4.69) is 10.2 Å². The highest BCUT2D eigenvalue weighted by Crippen LogP contribution is 2.22. The Kier molecular flexibility index (Phi) is 4.17. The van der Waals surface area contributed by atoms with Gasteiger partial charge in [0.15, 0.2) is 10.6 Å². The van der Waals surface area contributed by atoms with Gasteiger partial charge < -0.3 is 4.74 Å². The minimum atomic E-state index is 0.551. The van der Waals surface area contributed by atoms with Crippen molar-refractivity contribution in [2.45, 2.75) is 13.5 Å². The van der Waals surface area contributed by atoms with Crippen molar-refractivity contribution in [1.29, 1.82) is 0 Å². The lowest BCUT2D eigenvalue weighted by Gasteiger charge is -2.08. The Balaban J connectivity index is 1.71. The molecule has 21 heavy (non-hydrogen) atoms. The molecule has 0 aliphatic heterocycles. The number of nitrogens with zero attached hydrogens (tertiary/aromatic N) is 2. The van der Waals surface area contributed by atoms with Crippen molar-refractivity contribution in [1.82, 2.24) is 14.8 Å². The van der Waals surface area contributed by atoms with Gasteiger partial charge in [-0.15, -0.1) is 11.3 Å². The SMILES string of the molecule is Cc1cccc(OCCn2c(-c3cccs3)n[nH]c2=S)c1. The van der Waals surface area contributed by atoms with Gasteiger partial charge in [-0.2, -0.15) is 5.10 Å². The van der Waals surface area contributed by atoms with Crippen LogP contribution in [0.2, 0.25) is 0 Å². The van der Waals surface area contributed by atoms with E-state index in [-0.39, 0.29) is 0 Å². The smallest absolute Gasteiger partial charge is 0.195 e. The van der Waals surface area contributed by atoms with Crippen LogP contribution in [0.5, 0.6) is 5.75 Å². The molecular formula is C15H15N3OS2. The van der Waals surface area contributed by atoms with Crippen LogP contribution in [0, 0.1) is 11.7 Å². The van der Waals surface area contributed by atoms with E-state index >= 15 is 0 Å². The summed E-state index contributed by atoms with van der Waals surface area (Å²) in [5, 5.41) is 9.18. The van der Waals surface area contributed by atoms with Gasteiger partial charge in [0.2, 0.25) is 0 Å². The minimum absolute atomic E-state index is 0.551. The van der Waals surface area contributed by atoms with Gasteiger partial charge >= 0.3 is 0 Å². The zero-order valence-corrected chi connectivity index (χ0v) is 13.2. The molecule has 0 radical (unpaired) electrons. The summed E-state index contributed by atoms with van der Waals surface area (Å²) in [5.41, 5.74) is 1.19. The van der Waals surface area contributed by atoms with E-state index in [4.69, 9.17) is 17.0 Å². The monoisotopic (exact) mass is 317 g/mol. The number of hydrogen-bond acceptors (Lipinski definition) is 4. The number of benzene rings is 1. The molecular weight excluding hydrogens is 302 g/mol. The Labute approximate surface area is 132 Å². The summed E-state index contributed by atoms with van der Waals surface area (Å²) in [7, 11) is 0. The van der Waals surface area contributed by atoms with E-state index in [9.17, 15) is 0 Å². The van der Waals surface area contributed by atoms with Crippen molar-refractivity contribution in [2.24, 2.45) is 0 Å². The summed E-state index contributed by atoms with van der Waals surface area (Å²) in [6, 6.07) is 12.1. The highest BCUT2D eigenvalue weighted by Gasteiger charge is 2.09. The van der Waals surface area contributed by atoms with Gasteiger partial charge in [-0.25, -0.2) is 0 Å². The number of ether oxygens (including phenoxy) is 1. The van der Waals surface area contributed by atoms with E-state index in [1.54, 1.807) is 11.3 Å². The predicted octanol–water partition coefficient (Wildman–Crippen LogP) is 4.06. The van der Waals surface area contributed by atoms with Gasteiger partial charge in [-0.1, -0.05) is 18.2 Å². The molecule has 4 nitrogen and oxygen atoms in total. The van der Waals surface area contributed by atoms with Gasteiger partial charge in [0, 0.05) is 0 Å². The largest absolute Gasteiger partial charge is 0.492 e. The van der Waals surface area contributed by atoms with Crippen molar-refractivity contribution < 1.29 is 4.74 Å². The van der Waals surface area contributed by atoms with Crippen LogP contribution >= 0.6 is 23.6 Å². The first kappa shape index (κ1) is 14.0. The second-order valence-corrected chi connectivity index (χ2v) is 5.98. The zero-order valence-electron chi connectivity index (χ0n) is 11.6. The summed E-state index contributed by atoms with van der Waals surface area (Å²) in [6.07, 6.45) is 0. The fraction of sp³-hybridized carbons (Fsp3) is 0.200. The van der Waals surface area contributed by atoms with Gasteiger partial charge in [-0.3, -0.25) is 9.67 Å². The lowest BCUT2D eigenvalue weighted by Crippen LogP contribution is -2.09. The first-order valence-electron chi connectivity index (χ1n) is 6.62. The molecule has 6 heteroatoms. The first-order chi connectivity index (χ1) is 10.2. The summed E-state index contributed by atoms with van der Waals surface area (Å²) < 4.78 is 8.37. The van der Waals surface area contributed by atoms with Gasteiger partial charge in [0.05, 0.1) is 11.4 Å². The van der Waals surface area contributed by atoms with Gasteiger partial charge in [-0.05, 0) is 48.3 Å². The standard InChI is InChI=1S/C15H15N3OS2/c1-11-4-2-5-12(10-11)19-8-7-18-14(16-17-15(18)20)13-6-3-9-21-13/h2-6,9-10H,7-8H2,1H3,(H,17,20). The number of hydrogen-bond donors (Lipinski definition) is 1. The van der Waals surface area contributed by atoms with Crippen molar-refractivity contribution in [2.75, 3.05) is 6.61 Å². The molecule has 2 aromatic heterocycles. The van der Waals surface area contributed by atoms with E-state index in [1.165, 1.54) is 5.56 Å². The van der Waals surface area contributed by atoms with Crippen LogP contribution in [-0.2, 0) is 6.54 Å². The summed E-state index contributed by atoms with van der Waals surface area (Å²) in [4.78, 5) is 1.10. The Morgan fingerprint density at radius 2 is 2.24 bits per heavy atom. The second kappa shape index (κ2) is 6.24. The second-order valence-electron chi connectivity index (χ2n) is 4.65. The van der Waals surface area contributed by atoms with Crippen LogP contribution in [0.4, 0.5) is 0 Å². The summed E-state index contributed by atoms with van der Waals surface area (Å²) >= 11 is 6.94. The Bertz CT molecular complexity index is 774. The zero-order chi connectivity index (χ0) is 14.7. The van der Waals surface area contributed by atoms with E-state index in [0.717, 1.165) is 16.5 Å². The quantitative estimate of drug-likeness (QED) is 0.722. The molecule has 0 unspecified atom stereocenters. The lowest BCUT2D eigenvalue weighted by atomic mass is 10.2. The molecule has 0 saturated heterocycles. The highest BCUT2D eigenvalue weighted by molar-refractivity contribution is 7.71.